The van der Waals surface area contributed by atoms with Crippen LogP contribution in [0.4, 0.5) is 4.79 Å². The Kier molecular flexibility index (Phi) is 2.94. The molecule has 1 saturated heterocycles. The van der Waals surface area contributed by atoms with E-state index in [0.717, 1.165) is 0 Å². The van der Waals surface area contributed by atoms with E-state index in [1.54, 1.807) is 20.8 Å². The Balaban J connectivity index is 2.27. The maximum atomic E-state index is 11.2. The van der Waals surface area contributed by atoms with Gasteiger partial charge in [-0.15, -0.1) is 11.8 Å². The first-order chi connectivity index (χ1) is 6.29. The molecule has 5 nitrogen and oxygen atoms in total. The Bertz CT molecular complexity index is 262. The molecule has 1 heterocycles. The molecule has 80 valence electrons. The van der Waals surface area contributed by atoms with Gasteiger partial charge in [0.25, 0.3) is 0 Å². The first kappa shape index (κ1) is 11.2. The second-order valence-electron chi connectivity index (χ2n) is 4.03. The maximum absolute atomic E-state index is 11.2. The molecule has 0 saturated carbocycles. The number of thioether (sulfide) groups is 1. The third-order valence-corrected chi connectivity index (χ3v) is 2.60. The van der Waals surface area contributed by atoms with E-state index < -0.39 is 17.6 Å². The first-order valence-corrected chi connectivity index (χ1v) is 5.18. The second-order valence-corrected chi connectivity index (χ2v) is 5.31. The van der Waals surface area contributed by atoms with Gasteiger partial charge in [-0.1, -0.05) is 0 Å². The van der Waals surface area contributed by atoms with Crippen molar-refractivity contribution in [2.45, 2.75) is 37.0 Å². The average molecular weight is 218 g/mol. The van der Waals surface area contributed by atoms with Crippen LogP contribution in [0.1, 0.15) is 20.8 Å². The van der Waals surface area contributed by atoms with Crippen LogP contribution >= 0.6 is 11.8 Å². The van der Waals surface area contributed by atoms with Crippen LogP contribution in [0.5, 0.6) is 0 Å². The van der Waals surface area contributed by atoms with Crippen molar-refractivity contribution in [2.24, 2.45) is 5.73 Å². The van der Waals surface area contributed by atoms with Crippen molar-refractivity contribution in [1.82, 2.24) is 5.32 Å². The third kappa shape index (κ3) is 3.45. The van der Waals surface area contributed by atoms with Gasteiger partial charge in [0.2, 0.25) is 5.91 Å². The standard InChI is InChI=1S/C8H14N2O3S/c1-8(2,3)13-7(12)10-6-4(14-6)5(9)11/h4,6H,1-3H3,(H2,9,11)(H,10,12). The summed E-state index contributed by atoms with van der Waals surface area (Å²) in [6.45, 7) is 5.33. The van der Waals surface area contributed by atoms with Gasteiger partial charge in [-0.05, 0) is 20.8 Å². The summed E-state index contributed by atoms with van der Waals surface area (Å²) in [6.07, 6.45) is -0.515. The van der Waals surface area contributed by atoms with E-state index in [4.69, 9.17) is 10.5 Å². The van der Waals surface area contributed by atoms with Gasteiger partial charge in [-0.2, -0.15) is 0 Å². The van der Waals surface area contributed by atoms with Crippen LogP contribution in [0.15, 0.2) is 0 Å². The maximum Gasteiger partial charge on any atom is 0.408 e. The van der Waals surface area contributed by atoms with Gasteiger partial charge in [0.05, 0.1) is 5.37 Å². The monoisotopic (exact) mass is 218 g/mol. The van der Waals surface area contributed by atoms with Crippen LogP contribution in [-0.4, -0.2) is 28.2 Å². The van der Waals surface area contributed by atoms with Crippen molar-refractivity contribution < 1.29 is 14.3 Å². The molecule has 1 aliphatic rings. The normalized spacial score (nSPS) is 25.4. The lowest BCUT2D eigenvalue weighted by Crippen LogP contribution is -2.36. The predicted molar refractivity (Wildman–Crippen MR) is 53.7 cm³/mol. The summed E-state index contributed by atoms with van der Waals surface area (Å²) in [5.41, 5.74) is 4.52. The summed E-state index contributed by atoms with van der Waals surface area (Å²) in [5, 5.41) is 2.02. The number of amides is 2. The zero-order valence-electron chi connectivity index (χ0n) is 8.37. The van der Waals surface area contributed by atoms with Gasteiger partial charge in [0, 0.05) is 0 Å². The third-order valence-electron chi connectivity index (χ3n) is 1.43. The molecular formula is C8H14N2O3S. The first-order valence-electron chi connectivity index (χ1n) is 4.24. The number of nitrogens with two attached hydrogens (primary N) is 1. The zero-order valence-corrected chi connectivity index (χ0v) is 9.18. The number of alkyl carbamates (subject to hydrolysis) is 1. The Hall–Kier alpha value is -0.910. The lowest BCUT2D eigenvalue weighted by molar-refractivity contribution is -0.117. The van der Waals surface area contributed by atoms with E-state index >= 15 is 0 Å². The van der Waals surface area contributed by atoms with Crippen molar-refractivity contribution in [3.05, 3.63) is 0 Å². The van der Waals surface area contributed by atoms with Gasteiger partial charge in [0.15, 0.2) is 0 Å². The molecule has 0 bridgehead atoms. The predicted octanol–water partition coefficient (Wildman–Crippen LogP) is 0.438. The topological polar surface area (TPSA) is 81.4 Å². The van der Waals surface area contributed by atoms with Crippen LogP contribution in [0.25, 0.3) is 0 Å². The molecule has 0 aromatic carbocycles. The molecule has 6 heteroatoms. The molecule has 0 aliphatic carbocycles. The van der Waals surface area contributed by atoms with Gasteiger partial charge >= 0.3 is 6.09 Å². The van der Waals surface area contributed by atoms with Crippen molar-refractivity contribution in [3.63, 3.8) is 0 Å². The van der Waals surface area contributed by atoms with Gasteiger partial charge < -0.3 is 15.8 Å². The highest BCUT2D eigenvalue weighted by Gasteiger charge is 2.44. The Morgan fingerprint density at radius 1 is 1.43 bits per heavy atom. The highest BCUT2D eigenvalue weighted by atomic mass is 32.2. The van der Waals surface area contributed by atoms with Crippen LogP contribution in [0.3, 0.4) is 0 Å². The van der Waals surface area contributed by atoms with Gasteiger partial charge in [-0.25, -0.2) is 4.79 Å². The molecular weight excluding hydrogens is 204 g/mol. The summed E-state index contributed by atoms with van der Waals surface area (Å²) in [7, 11) is 0. The smallest absolute Gasteiger partial charge is 0.408 e. The fourth-order valence-electron chi connectivity index (χ4n) is 0.862. The highest BCUT2D eigenvalue weighted by molar-refractivity contribution is 8.08. The number of primary amides is 1. The number of nitrogens with one attached hydrogen (secondary N) is 1. The largest absolute Gasteiger partial charge is 0.444 e. The van der Waals surface area contributed by atoms with Crippen molar-refractivity contribution >= 4 is 23.8 Å². The summed E-state index contributed by atoms with van der Waals surface area (Å²) in [6, 6.07) is 0. The molecule has 0 spiro atoms. The second kappa shape index (κ2) is 3.68. The SMILES string of the molecule is CC(C)(C)OC(=O)NC1SC1C(N)=O. The quantitative estimate of drug-likeness (QED) is 0.659. The molecule has 14 heavy (non-hydrogen) atoms. The lowest BCUT2D eigenvalue weighted by atomic mass is 10.2. The summed E-state index contributed by atoms with van der Waals surface area (Å²) >= 11 is 1.31. The van der Waals surface area contributed by atoms with Gasteiger partial charge in [-0.3, -0.25) is 4.79 Å². The number of rotatable bonds is 2. The van der Waals surface area contributed by atoms with Crippen molar-refractivity contribution in [2.75, 3.05) is 0 Å². The van der Waals surface area contributed by atoms with Crippen molar-refractivity contribution in [3.8, 4) is 0 Å². The number of carbonyl (C=O) groups is 2. The van der Waals surface area contributed by atoms with E-state index in [0.29, 0.717) is 0 Å². The molecule has 1 rings (SSSR count). The van der Waals surface area contributed by atoms with E-state index in [1.807, 2.05) is 0 Å². The Morgan fingerprint density at radius 3 is 2.36 bits per heavy atom. The summed E-state index contributed by atoms with van der Waals surface area (Å²) < 4.78 is 5.00. The Morgan fingerprint density at radius 2 is 2.00 bits per heavy atom. The Labute approximate surface area is 86.7 Å². The summed E-state index contributed by atoms with van der Waals surface area (Å²) in [5.74, 6) is -0.406. The molecule has 0 radical (unpaired) electrons. The minimum Gasteiger partial charge on any atom is -0.444 e. The molecule has 1 aliphatic heterocycles. The number of hydrogen-bond donors (Lipinski definition) is 2. The van der Waals surface area contributed by atoms with E-state index in [2.05, 4.69) is 5.32 Å². The number of hydrogen-bond acceptors (Lipinski definition) is 4. The molecule has 0 aromatic rings. The number of carbonyl (C=O) groups excluding carboxylic acids is 2. The molecule has 3 N–H and O–H groups in total. The molecule has 0 aromatic heterocycles. The van der Waals surface area contributed by atoms with Crippen molar-refractivity contribution in [1.29, 1.82) is 0 Å². The van der Waals surface area contributed by atoms with E-state index in [-0.39, 0.29) is 10.6 Å². The fraction of sp³-hybridized carbons (Fsp3) is 0.750. The van der Waals surface area contributed by atoms with Crippen LogP contribution in [0, 0.1) is 0 Å². The minimum absolute atomic E-state index is 0.220. The zero-order chi connectivity index (χ0) is 10.9. The van der Waals surface area contributed by atoms with Crippen LogP contribution in [-0.2, 0) is 9.53 Å². The van der Waals surface area contributed by atoms with E-state index in [1.165, 1.54) is 11.8 Å². The molecule has 2 amide bonds. The minimum atomic E-state index is -0.522. The fourth-order valence-corrected chi connectivity index (χ4v) is 1.59. The highest BCUT2D eigenvalue weighted by Crippen LogP contribution is 2.38. The average Bonchev–Trinajstić information content (AvgIpc) is 2.61. The van der Waals surface area contributed by atoms with Gasteiger partial charge in [0.1, 0.15) is 10.9 Å². The number of ether oxygens (including phenoxy) is 1. The van der Waals surface area contributed by atoms with Crippen LogP contribution < -0.4 is 11.1 Å². The lowest BCUT2D eigenvalue weighted by Gasteiger charge is -2.19. The molecule has 2 atom stereocenters. The summed E-state index contributed by atoms with van der Waals surface area (Å²) in [4.78, 5) is 21.8. The van der Waals surface area contributed by atoms with Crippen LogP contribution in [0.2, 0.25) is 0 Å². The van der Waals surface area contributed by atoms with E-state index in [9.17, 15) is 9.59 Å². The molecule has 2 unspecified atom stereocenters. The molecule has 1 fully saturated rings.